The van der Waals surface area contributed by atoms with Crippen LogP contribution in [-0.4, -0.2) is 79.3 Å². The normalized spacial score (nSPS) is 56.4. The van der Waals surface area contributed by atoms with Crippen LogP contribution in [0.4, 0.5) is 0 Å². The molecule has 5 aliphatic rings. The van der Waals surface area contributed by atoms with Gasteiger partial charge in [-0.15, -0.1) is 0 Å². The van der Waals surface area contributed by atoms with Crippen molar-refractivity contribution in [3.05, 3.63) is 11.6 Å². The van der Waals surface area contributed by atoms with Crippen LogP contribution in [0.5, 0.6) is 0 Å². The van der Waals surface area contributed by atoms with E-state index in [2.05, 4.69) is 0 Å². The molecule has 1 heterocycles. The molecule has 31 heavy (non-hydrogen) atoms. The summed E-state index contributed by atoms with van der Waals surface area (Å²) in [4.78, 5) is 11.7. The molecule has 1 aliphatic heterocycles. The molecule has 8 nitrogen and oxygen atoms in total. The fourth-order valence-corrected chi connectivity index (χ4v) is 8.69. The molecule has 10 atom stereocenters. The molecule has 0 unspecified atom stereocenters. The molecule has 5 rings (SSSR count). The second-order valence-corrected chi connectivity index (χ2v) is 11.0. The van der Waals surface area contributed by atoms with E-state index in [1.165, 1.54) is 6.08 Å². The van der Waals surface area contributed by atoms with Crippen molar-refractivity contribution >= 4 is 5.97 Å². The van der Waals surface area contributed by atoms with Crippen molar-refractivity contribution in [2.24, 2.45) is 28.6 Å². The Balaban J connectivity index is 1.58. The van der Waals surface area contributed by atoms with Crippen molar-refractivity contribution in [3.63, 3.8) is 0 Å². The highest BCUT2D eigenvalue weighted by atomic mass is 16.5. The van der Waals surface area contributed by atoms with Crippen molar-refractivity contribution in [2.45, 2.75) is 81.4 Å². The summed E-state index contributed by atoms with van der Waals surface area (Å²) in [6.45, 7) is 1.64. The lowest BCUT2D eigenvalue weighted by atomic mass is 9.40. The molecule has 0 bridgehead atoms. The predicted octanol–water partition coefficient (Wildman–Crippen LogP) is -0.367. The number of aliphatic hydroxyl groups is 6. The number of cyclic esters (lactones) is 1. The maximum atomic E-state index is 12.1. The molecule has 0 amide bonds. The molecule has 4 fully saturated rings. The predicted molar refractivity (Wildman–Crippen MR) is 107 cm³/mol. The summed E-state index contributed by atoms with van der Waals surface area (Å²) in [5.74, 6) is -1.62. The van der Waals surface area contributed by atoms with Crippen LogP contribution >= 0.6 is 0 Å². The zero-order valence-corrected chi connectivity index (χ0v) is 17.9. The second kappa shape index (κ2) is 6.74. The number of hydrogen-bond donors (Lipinski definition) is 6. The lowest BCUT2D eigenvalue weighted by molar-refractivity contribution is -0.317. The Hall–Kier alpha value is -1.03. The van der Waals surface area contributed by atoms with E-state index < -0.39 is 58.8 Å². The van der Waals surface area contributed by atoms with Crippen molar-refractivity contribution in [1.29, 1.82) is 0 Å². The SMILES string of the molecule is C[C@]12C[C@@H](O)[C@H]3[C@@H](CC[C@@]4(O)C[C@@H](O)C[C@@H](O)[C@]34CO)[C@]1(O)CC[C@@H]2C1=CC(=O)OC1. The summed E-state index contributed by atoms with van der Waals surface area (Å²) in [7, 11) is 0. The monoisotopic (exact) mass is 438 g/mol. The quantitative estimate of drug-likeness (QED) is 0.320. The average Bonchev–Trinajstić information content (AvgIpc) is 3.21. The molecule has 0 saturated heterocycles. The van der Waals surface area contributed by atoms with Gasteiger partial charge in [-0.1, -0.05) is 6.92 Å². The lowest BCUT2D eigenvalue weighted by Gasteiger charge is -2.68. The highest BCUT2D eigenvalue weighted by Crippen LogP contribution is 2.70. The summed E-state index contributed by atoms with van der Waals surface area (Å²) < 4.78 is 5.11. The van der Waals surface area contributed by atoms with Crippen LogP contribution in [0.15, 0.2) is 11.6 Å². The third kappa shape index (κ3) is 2.55. The first-order valence-electron chi connectivity index (χ1n) is 11.5. The molecule has 6 N–H and O–H groups in total. The topological polar surface area (TPSA) is 148 Å². The zero-order valence-electron chi connectivity index (χ0n) is 17.9. The number of aliphatic hydroxyl groups excluding tert-OH is 4. The summed E-state index contributed by atoms with van der Waals surface area (Å²) in [5, 5.41) is 67.0. The van der Waals surface area contributed by atoms with E-state index in [1.807, 2.05) is 6.92 Å². The van der Waals surface area contributed by atoms with Crippen LogP contribution < -0.4 is 0 Å². The third-order valence-corrected chi connectivity index (χ3v) is 10.1. The minimum atomic E-state index is -1.52. The van der Waals surface area contributed by atoms with E-state index in [4.69, 9.17) is 4.74 Å². The minimum absolute atomic E-state index is 0.0173. The van der Waals surface area contributed by atoms with Crippen molar-refractivity contribution in [1.82, 2.24) is 0 Å². The van der Waals surface area contributed by atoms with Crippen LogP contribution in [-0.2, 0) is 9.53 Å². The molecule has 4 saturated carbocycles. The van der Waals surface area contributed by atoms with Crippen LogP contribution in [0.2, 0.25) is 0 Å². The largest absolute Gasteiger partial charge is 0.458 e. The van der Waals surface area contributed by atoms with Gasteiger partial charge >= 0.3 is 5.97 Å². The van der Waals surface area contributed by atoms with E-state index >= 15 is 0 Å². The Bertz CT molecular complexity index is 813. The summed E-state index contributed by atoms with van der Waals surface area (Å²) in [5.41, 5.74) is -3.95. The molecular weight excluding hydrogens is 404 g/mol. The fraction of sp³-hybridized carbons (Fsp3) is 0.870. The van der Waals surface area contributed by atoms with E-state index in [-0.39, 0.29) is 44.2 Å². The first kappa shape index (κ1) is 21.8. The van der Waals surface area contributed by atoms with Gasteiger partial charge in [0, 0.05) is 30.3 Å². The van der Waals surface area contributed by atoms with E-state index in [0.717, 1.165) is 5.57 Å². The number of fused-ring (bicyclic) bond motifs is 5. The van der Waals surface area contributed by atoms with Gasteiger partial charge in [-0.05, 0) is 49.5 Å². The van der Waals surface area contributed by atoms with Crippen molar-refractivity contribution in [2.75, 3.05) is 13.2 Å². The number of carbonyl (C=O) groups is 1. The van der Waals surface area contributed by atoms with E-state index in [1.54, 1.807) is 0 Å². The van der Waals surface area contributed by atoms with Crippen LogP contribution in [0, 0.1) is 28.6 Å². The number of carbonyl (C=O) groups excluding carboxylic acids is 1. The molecule has 8 heteroatoms. The Kier molecular flexibility index (Phi) is 4.74. The van der Waals surface area contributed by atoms with Gasteiger partial charge in [-0.25, -0.2) is 4.79 Å². The van der Waals surface area contributed by atoms with Gasteiger partial charge in [0.15, 0.2) is 0 Å². The smallest absolute Gasteiger partial charge is 0.331 e. The van der Waals surface area contributed by atoms with Gasteiger partial charge in [0.2, 0.25) is 0 Å². The van der Waals surface area contributed by atoms with Gasteiger partial charge in [-0.3, -0.25) is 0 Å². The van der Waals surface area contributed by atoms with Crippen LogP contribution in [0.3, 0.4) is 0 Å². The maximum absolute atomic E-state index is 12.1. The maximum Gasteiger partial charge on any atom is 0.331 e. The van der Waals surface area contributed by atoms with E-state index in [0.29, 0.717) is 19.3 Å². The average molecular weight is 439 g/mol. The zero-order chi connectivity index (χ0) is 22.4. The van der Waals surface area contributed by atoms with Crippen LogP contribution in [0.25, 0.3) is 0 Å². The number of ether oxygens (including phenoxy) is 1. The van der Waals surface area contributed by atoms with Gasteiger partial charge in [0.1, 0.15) is 6.61 Å². The summed E-state index contributed by atoms with van der Waals surface area (Å²) in [6, 6.07) is 0. The number of esters is 1. The van der Waals surface area contributed by atoms with Crippen LogP contribution in [0.1, 0.15) is 51.9 Å². The minimum Gasteiger partial charge on any atom is -0.458 e. The van der Waals surface area contributed by atoms with E-state index in [9.17, 15) is 35.4 Å². The van der Waals surface area contributed by atoms with Crippen molar-refractivity contribution < 1.29 is 40.2 Å². The highest BCUT2D eigenvalue weighted by molar-refractivity contribution is 5.85. The highest BCUT2D eigenvalue weighted by Gasteiger charge is 2.75. The lowest BCUT2D eigenvalue weighted by Crippen LogP contribution is -2.75. The molecule has 0 spiro atoms. The van der Waals surface area contributed by atoms with Gasteiger partial charge in [0.25, 0.3) is 0 Å². The van der Waals surface area contributed by atoms with Crippen molar-refractivity contribution in [3.8, 4) is 0 Å². The number of rotatable bonds is 2. The Morgan fingerprint density at radius 1 is 1.13 bits per heavy atom. The standard InChI is InChI=1S/C23H34O8/c1-20-9-16(26)19-15(23(20,30)5-3-14(20)12-6-18(28)31-10-12)2-4-21(29)8-13(25)7-17(27)22(19,21)11-24/h6,13-17,19,24-27,29-30H,2-5,7-11H2,1H3/t13-,14+,15+,16+,17+,19+,20+,21+,22+,23+/m0/s1. The molecule has 4 aliphatic carbocycles. The third-order valence-electron chi connectivity index (χ3n) is 10.1. The Labute approximate surface area is 181 Å². The first-order chi connectivity index (χ1) is 14.5. The summed E-state index contributed by atoms with van der Waals surface area (Å²) in [6.07, 6.45) is 0.531. The van der Waals surface area contributed by atoms with Gasteiger partial charge in [-0.2, -0.15) is 0 Å². The second-order valence-electron chi connectivity index (χ2n) is 11.0. The number of hydrogen-bond acceptors (Lipinski definition) is 8. The first-order valence-corrected chi connectivity index (χ1v) is 11.5. The molecule has 0 aromatic carbocycles. The fourth-order valence-electron chi connectivity index (χ4n) is 8.69. The van der Waals surface area contributed by atoms with Gasteiger partial charge in [0.05, 0.1) is 41.5 Å². The Morgan fingerprint density at radius 2 is 1.87 bits per heavy atom. The van der Waals surface area contributed by atoms with Gasteiger partial charge < -0.3 is 35.4 Å². The molecule has 0 radical (unpaired) electrons. The molecule has 0 aromatic heterocycles. The Morgan fingerprint density at radius 3 is 2.52 bits per heavy atom. The molecule has 0 aromatic rings. The summed E-state index contributed by atoms with van der Waals surface area (Å²) >= 11 is 0. The molecular formula is C23H34O8. The molecule has 174 valence electrons.